The van der Waals surface area contributed by atoms with Gasteiger partial charge >= 0.3 is 0 Å². The number of nitrogens with zero attached hydrogens (tertiary/aromatic N) is 6. The van der Waals surface area contributed by atoms with Crippen molar-refractivity contribution in [2.75, 3.05) is 50.6 Å². The number of fused-ring (bicyclic) bond motifs is 5. The van der Waals surface area contributed by atoms with Gasteiger partial charge in [-0.3, -0.25) is 10.2 Å². The zero-order valence-corrected chi connectivity index (χ0v) is 25.9. The zero-order valence-electron chi connectivity index (χ0n) is 25.9. The molecule has 0 amide bonds. The average molecular weight is 609 g/mol. The molecule has 1 unspecified atom stereocenters. The zero-order chi connectivity index (χ0) is 31.6. The van der Waals surface area contributed by atoms with Gasteiger partial charge in [-0.15, -0.1) is 0 Å². The number of hydrogen-bond donors (Lipinski definition) is 2. The lowest BCUT2D eigenvalue weighted by atomic mass is 9.85. The van der Waals surface area contributed by atoms with Gasteiger partial charge in [0.15, 0.2) is 23.2 Å². The Labute approximate surface area is 263 Å². The summed E-state index contributed by atoms with van der Waals surface area (Å²) in [5.41, 5.74) is 2.17. The number of benzene rings is 1. The van der Waals surface area contributed by atoms with Crippen molar-refractivity contribution in [1.82, 2.24) is 19.9 Å². The standard InChI is InChI=1S/C34H40N8O3/c1-4-28(15-16-36-22-35)45-29-13-10-26(11-14-29)39-33-32-30(37-23-38-33)19-31-34(40-32)42-18-5-7-24(25(20-42)21-44-31)9-12-27(43)8-6-17-41(2)3/h4,6,8,10-11,13-16,19,22-25,35H,1,5,7,9,12,17-18,20-21H2,2-3H3,(H,37,38,39)/b8-6+,28-15+,35-22?,36-16?/t24?,25-/m0/s1. The van der Waals surface area contributed by atoms with Gasteiger partial charge in [0.05, 0.1) is 12.1 Å². The van der Waals surface area contributed by atoms with Gasteiger partial charge in [0.2, 0.25) is 0 Å². The van der Waals surface area contributed by atoms with E-state index >= 15 is 0 Å². The molecule has 0 spiro atoms. The van der Waals surface area contributed by atoms with Crippen LogP contribution in [0.1, 0.15) is 25.7 Å². The highest BCUT2D eigenvalue weighted by Gasteiger charge is 2.33. The number of anilines is 3. The highest BCUT2D eigenvalue weighted by Crippen LogP contribution is 2.39. The second kappa shape index (κ2) is 15.2. The fraction of sp³-hybridized carbons (Fsp3) is 0.353. The van der Waals surface area contributed by atoms with Crippen molar-refractivity contribution >= 4 is 46.7 Å². The molecule has 2 atom stereocenters. The number of carbonyl (C=O) groups excluding carboxylic acids is 1. The first-order valence-electron chi connectivity index (χ1n) is 15.2. The van der Waals surface area contributed by atoms with E-state index in [2.05, 4.69) is 31.8 Å². The predicted molar refractivity (Wildman–Crippen MR) is 179 cm³/mol. The van der Waals surface area contributed by atoms with Gasteiger partial charge in [-0.05, 0) is 81.8 Å². The minimum atomic E-state index is 0.188. The second-order valence-corrected chi connectivity index (χ2v) is 11.4. The molecule has 1 aromatic carbocycles. The number of aliphatic imine (C=N–C) groups is 1. The van der Waals surface area contributed by atoms with Crippen molar-refractivity contribution < 1.29 is 14.3 Å². The first-order valence-corrected chi connectivity index (χ1v) is 15.2. The summed E-state index contributed by atoms with van der Waals surface area (Å²) in [6.07, 6.45) is 14.3. The molecule has 2 aliphatic heterocycles. The molecule has 11 heteroatoms. The lowest BCUT2D eigenvalue weighted by molar-refractivity contribution is -0.115. The molecule has 234 valence electrons. The van der Waals surface area contributed by atoms with Crippen molar-refractivity contribution in [3.63, 3.8) is 0 Å². The number of hydrogen-bond acceptors (Lipinski definition) is 10. The molecular weight excluding hydrogens is 568 g/mol. The van der Waals surface area contributed by atoms with Crippen molar-refractivity contribution in [1.29, 1.82) is 5.41 Å². The third-order valence-electron chi connectivity index (χ3n) is 7.92. The minimum Gasteiger partial charge on any atom is -0.489 e. The van der Waals surface area contributed by atoms with E-state index < -0.39 is 0 Å². The van der Waals surface area contributed by atoms with E-state index in [-0.39, 0.29) is 5.78 Å². The summed E-state index contributed by atoms with van der Waals surface area (Å²) in [5.74, 6) is 4.20. The quantitative estimate of drug-likeness (QED) is 0.0839. The van der Waals surface area contributed by atoms with Crippen LogP contribution in [0.2, 0.25) is 0 Å². The maximum atomic E-state index is 12.5. The molecule has 45 heavy (non-hydrogen) atoms. The Balaban J connectivity index is 1.29. The lowest BCUT2D eigenvalue weighted by Crippen LogP contribution is -2.31. The Morgan fingerprint density at radius 2 is 2.13 bits per heavy atom. The molecule has 0 saturated carbocycles. The monoisotopic (exact) mass is 608 g/mol. The Bertz CT molecular complexity index is 1600. The molecule has 0 aliphatic carbocycles. The lowest BCUT2D eigenvalue weighted by Gasteiger charge is -2.25. The molecule has 11 nitrogen and oxygen atoms in total. The predicted octanol–water partition coefficient (Wildman–Crippen LogP) is 5.59. The summed E-state index contributed by atoms with van der Waals surface area (Å²) in [5, 5.41) is 10.4. The second-order valence-electron chi connectivity index (χ2n) is 11.4. The van der Waals surface area contributed by atoms with Crippen LogP contribution in [0.15, 0.2) is 78.3 Å². The van der Waals surface area contributed by atoms with E-state index in [4.69, 9.17) is 19.9 Å². The number of pyridine rings is 1. The molecule has 2 N–H and O–H groups in total. The molecule has 2 aromatic heterocycles. The van der Waals surface area contributed by atoms with Crippen LogP contribution in [0.3, 0.4) is 0 Å². The van der Waals surface area contributed by atoms with Gasteiger partial charge < -0.3 is 24.6 Å². The molecule has 1 saturated heterocycles. The summed E-state index contributed by atoms with van der Waals surface area (Å²) in [7, 11) is 3.99. The fourth-order valence-electron chi connectivity index (χ4n) is 5.63. The maximum Gasteiger partial charge on any atom is 0.172 e. The van der Waals surface area contributed by atoms with E-state index in [9.17, 15) is 4.79 Å². The van der Waals surface area contributed by atoms with Crippen LogP contribution < -0.4 is 19.7 Å². The molecule has 3 aromatic rings. The van der Waals surface area contributed by atoms with Crippen molar-refractivity contribution in [2.45, 2.75) is 25.7 Å². The van der Waals surface area contributed by atoms with Gasteiger partial charge in [0, 0.05) is 49.9 Å². The van der Waals surface area contributed by atoms with Gasteiger partial charge in [-0.1, -0.05) is 12.7 Å². The number of ketones is 1. The van der Waals surface area contributed by atoms with Crippen LogP contribution in [0.4, 0.5) is 17.3 Å². The summed E-state index contributed by atoms with van der Waals surface area (Å²) in [4.78, 5) is 34.6. The van der Waals surface area contributed by atoms with Crippen molar-refractivity contribution in [3.05, 3.63) is 73.3 Å². The smallest absolute Gasteiger partial charge is 0.172 e. The van der Waals surface area contributed by atoms with Crippen molar-refractivity contribution in [2.24, 2.45) is 16.8 Å². The Morgan fingerprint density at radius 3 is 2.91 bits per heavy atom. The first-order chi connectivity index (χ1) is 21.9. The average Bonchev–Trinajstić information content (AvgIpc) is 3.35. The number of carbonyl (C=O) groups is 1. The van der Waals surface area contributed by atoms with Gasteiger partial charge in [0.1, 0.15) is 29.7 Å². The third kappa shape index (κ3) is 8.39. The van der Waals surface area contributed by atoms with Crippen molar-refractivity contribution in [3.8, 4) is 11.5 Å². The van der Waals surface area contributed by atoms with Crippen LogP contribution in [-0.2, 0) is 4.79 Å². The molecule has 2 bridgehead atoms. The highest BCUT2D eigenvalue weighted by molar-refractivity contribution is 5.90. The van der Waals surface area contributed by atoms with Crippen LogP contribution >= 0.6 is 0 Å². The number of likely N-dealkylation sites (N-methyl/N-ethyl adjacent to an activating group) is 1. The molecule has 0 radical (unpaired) electrons. The molecule has 1 fully saturated rings. The molecule has 2 aliphatic rings. The Kier molecular flexibility index (Phi) is 10.7. The SMILES string of the molecule is C=C/C(=C\C=NC=N)Oc1ccc(Nc2ncnc3cc4c(nc23)N2CCCC(CCC(=O)/C=C/CN(C)C)[C@H](CO4)C2)cc1. The Morgan fingerprint density at radius 1 is 1.29 bits per heavy atom. The summed E-state index contributed by atoms with van der Waals surface area (Å²) >= 11 is 0. The largest absolute Gasteiger partial charge is 0.489 e. The van der Waals surface area contributed by atoms with Crippen LogP contribution in [0.5, 0.6) is 11.5 Å². The van der Waals surface area contributed by atoms with E-state index in [1.54, 1.807) is 18.2 Å². The van der Waals surface area contributed by atoms with Gasteiger partial charge in [-0.25, -0.2) is 19.9 Å². The fourth-order valence-corrected chi connectivity index (χ4v) is 5.63. The first kappa shape index (κ1) is 31.5. The molecule has 5 rings (SSSR count). The Hall–Kier alpha value is -4.90. The summed E-state index contributed by atoms with van der Waals surface area (Å²) in [6, 6.07) is 9.42. The number of allylic oxidation sites excluding steroid dienone is 3. The summed E-state index contributed by atoms with van der Waals surface area (Å²) < 4.78 is 12.2. The van der Waals surface area contributed by atoms with E-state index in [0.717, 1.165) is 62.5 Å². The number of rotatable bonds is 13. The van der Waals surface area contributed by atoms with Crippen LogP contribution in [-0.4, -0.2) is 78.5 Å². The number of aromatic nitrogens is 3. The minimum absolute atomic E-state index is 0.188. The van der Waals surface area contributed by atoms with Gasteiger partial charge in [-0.2, -0.15) is 0 Å². The van der Waals surface area contributed by atoms with E-state index in [0.29, 0.717) is 53.2 Å². The third-order valence-corrected chi connectivity index (χ3v) is 7.92. The van der Waals surface area contributed by atoms with Gasteiger partial charge in [0.25, 0.3) is 0 Å². The maximum absolute atomic E-state index is 12.5. The summed E-state index contributed by atoms with van der Waals surface area (Å²) in [6.45, 7) is 6.84. The number of nitrogens with one attached hydrogen (secondary N) is 2. The highest BCUT2D eigenvalue weighted by atomic mass is 16.5. The normalized spacial score (nSPS) is 18.4. The van der Waals surface area contributed by atoms with E-state index in [1.807, 2.05) is 55.4 Å². The van der Waals surface area contributed by atoms with E-state index in [1.165, 1.54) is 12.5 Å². The van der Waals surface area contributed by atoms with Crippen LogP contribution in [0.25, 0.3) is 11.0 Å². The topological polar surface area (TPSA) is 129 Å². The van der Waals surface area contributed by atoms with Crippen LogP contribution in [0, 0.1) is 17.2 Å². The molecular formula is C34H40N8O3. The number of ether oxygens (including phenoxy) is 2. The molecule has 4 heterocycles.